The summed E-state index contributed by atoms with van der Waals surface area (Å²) in [6.07, 6.45) is 14.7. The second-order valence-electron chi connectivity index (χ2n) is 13.7. The number of phenolic OH excluding ortho intramolecular Hbond substituents is 2. The zero-order chi connectivity index (χ0) is 29.4. The van der Waals surface area contributed by atoms with Gasteiger partial charge in [0.1, 0.15) is 11.5 Å². The lowest BCUT2D eigenvalue weighted by Crippen LogP contribution is -2.28. The third kappa shape index (κ3) is 5.72. The Balaban J connectivity index is 1.77. The molecule has 222 valence electrons. The van der Waals surface area contributed by atoms with Gasteiger partial charge in [-0.3, -0.25) is 0 Å². The smallest absolute Gasteiger partial charge is 0.335 e. The van der Waals surface area contributed by atoms with Gasteiger partial charge >= 0.3 is 11.9 Å². The summed E-state index contributed by atoms with van der Waals surface area (Å²) in [4.78, 5) is 24.9. The Morgan fingerprint density at radius 3 is 1.37 bits per heavy atom. The molecule has 3 fully saturated rings. The van der Waals surface area contributed by atoms with E-state index in [0.29, 0.717) is 22.3 Å². The fourth-order valence-electron chi connectivity index (χ4n) is 8.30. The van der Waals surface area contributed by atoms with Gasteiger partial charge in [-0.2, -0.15) is 0 Å². The molecule has 4 N–H and O–H groups in total. The predicted molar refractivity (Wildman–Crippen MR) is 159 cm³/mol. The van der Waals surface area contributed by atoms with Crippen LogP contribution in [-0.4, -0.2) is 32.4 Å². The van der Waals surface area contributed by atoms with Crippen molar-refractivity contribution in [1.29, 1.82) is 0 Å². The van der Waals surface area contributed by atoms with Gasteiger partial charge in [0, 0.05) is 28.2 Å². The summed E-state index contributed by atoms with van der Waals surface area (Å²) in [5.74, 6) is -2.33. The Morgan fingerprint density at radius 1 is 0.634 bits per heavy atom. The molecule has 6 nitrogen and oxygen atoms in total. The van der Waals surface area contributed by atoms with Gasteiger partial charge in [-0.1, -0.05) is 71.6 Å². The summed E-state index contributed by atoms with van der Waals surface area (Å²) in [5, 5.41) is 44.4. The molecule has 6 heteroatoms. The number of carboxylic acid groups (broad SMARTS) is 2. The molecule has 3 saturated carbocycles. The maximum atomic E-state index is 12.4. The van der Waals surface area contributed by atoms with Crippen LogP contribution in [0.25, 0.3) is 0 Å². The van der Waals surface area contributed by atoms with Crippen molar-refractivity contribution in [3.05, 3.63) is 57.6 Å². The highest BCUT2D eigenvalue weighted by Crippen LogP contribution is 2.53. The van der Waals surface area contributed by atoms with Crippen molar-refractivity contribution >= 4 is 11.9 Å². The third-order valence-corrected chi connectivity index (χ3v) is 10.8. The van der Waals surface area contributed by atoms with E-state index in [1.54, 1.807) is 24.3 Å². The minimum atomic E-state index is -1.05. The molecule has 3 aliphatic carbocycles. The molecule has 0 atom stereocenters. The zero-order valence-corrected chi connectivity index (χ0v) is 24.7. The Bertz CT molecular complexity index is 1200. The van der Waals surface area contributed by atoms with Crippen LogP contribution in [0.5, 0.6) is 11.5 Å². The topological polar surface area (TPSA) is 115 Å². The fraction of sp³-hybridized carbons (Fsp3) is 0.600. The second kappa shape index (κ2) is 11.7. The van der Waals surface area contributed by atoms with Crippen LogP contribution < -0.4 is 0 Å². The summed E-state index contributed by atoms with van der Waals surface area (Å²) in [6.45, 7) is 4.24. The maximum absolute atomic E-state index is 12.4. The zero-order valence-electron chi connectivity index (χ0n) is 24.7. The molecule has 0 heterocycles. The molecule has 0 spiro atoms. The first-order valence-corrected chi connectivity index (χ1v) is 15.8. The van der Waals surface area contributed by atoms with E-state index < -0.39 is 17.9 Å². The van der Waals surface area contributed by atoms with Crippen LogP contribution in [0.4, 0.5) is 0 Å². The first kappa shape index (κ1) is 29.5. The number of carbonyl (C=O) groups is 2. The molecule has 0 bridgehead atoms. The maximum Gasteiger partial charge on any atom is 0.335 e. The van der Waals surface area contributed by atoms with E-state index in [9.17, 15) is 30.0 Å². The summed E-state index contributed by atoms with van der Waals surface area (Å²) >= 11 is 0. The van der Waals surface area contributed by atoms with Crippen LogP contribution in [0.3, 0.4) is 0 Å². The number of hydrogen-bond acceptors (Lipinski definition) is 4. The van der Waals surface area contributed by atoms with E-state index in [1.807, 2.05) is 0 Å². The van der Waals surface area contributed by atoms with Crippen LogP contribution in [0.2, 0.25) is 0 Å². The summed E-state index contributed by atoms with van der Waals surface area (Å²) < 4.78 is 0. The molecular formula is C35H46O6. The van der Waals surface area contributed by atoms with Crippen LogP contribution in [0.15, 0.2) is 24.3 Å². The van der Waals surface area contributed by atoms with Gasteiger partial charge in [0.05, 0.1) is 11.1 Å². The van der Waals surface area contributed by atoms with Crippen molar-refractivity contribution in [2.45, 2.75) is 127 Å². The van der Waals surface area contributed by atoms with Crippen molar-refractivity contribution < 1.29 is 30.0 Å². The van der Waals surface area contributed by atoms with Crippen LogP contribution >= 0.6 is 0 Å². The molecular weight excluding hydrogens is 516 g/mol. The Morgan fingerprint density at radius 2 is 1.00 bits per heavy atom. The van der Waals surface area contributed by atoms with E-state index in [1.165, 1.54) is 0 Å². The van der Waals surface area contributed by atoms with Gasteiger partial charge in [-0.25, -0.2) is 9.59 Å². The number of aromatic hydroxyl groups is 2. The molecule has 2 aromatic rings. The lowest BCUT2D eigenvalue weighted by Gasteiger charge is -2.39. The number of phenols is 2. The average Bonchev–Trinajstić information content (AvgIpc) is 2.95. The standard InChI is InChI=1S/C35H46O6/c1-34(14-8-4-9-15-34)27-20-23(32(38)39)18-25(30(27)36)29(22-12-6-3-7-13-22)26-19-24(33(40)41)21-28(31(26)37)35(2)16-10-5-11-17-35/h18-22,29,36-37H,3-17H2,1-2H3,(H,38,39)(H,40,41). The molecule has 0 amide bonds. The largest absolute Gasteiger partial charge is 0.507 e. The lowest BCUT2D eigenvalue weighted by molar-refractivity contribution is 0.0685. The monoisotopic (exact) mass is 562 g/mol. The van der Waals surface area contributed by atoms with Crippen molar-refractivity contribution in [2.75, 3.05) is 0 Å². The Labute approximate surface area is 243 Å². The van der Waals surface area contributed by atoms with Gasteiger partial charge in [0.25, 0.3) is 0 Å². The molecule has 2 aromatic carbocycles. The summed E-state index contributed by atoms with van der Waals surface area (Å²) in [7, 11) is 0. The minimum absolute atomic E-state index is 0.0488. The molecule has 41 heavy (non-hydrogen) atoms. The van der Waals surface area contributed by atoms with Crippen molar-refractivity contribution in [3.63, 3.8) is 0 Å². The highest BCUT2D eigenvalue weighted by molar-refractivity contribution is 5.90. The van der Waals surface area contributed by atoms with Gasteiger partial charge < -0.3 is 20.4 Å². The van der Waals surface area contributed by atoms with Gasteiger partial charge in [0.15, 0.2) is 0 Å². The van der Waals surface area contributed by atoms with Crippen LogP contribution in [-0.2, 0) is 10.8 Å². The molecule has 5 rings (SSSR count). The molecule has 0 saturated heterocycles. The highest BCUT2D eigenvalue weighted by Gasteiger charge is 2.39. The predicted octanol–water partition coefficient (Wildman–Crippen LogP) is 8.65. The molecule has 3 aliphatic rings. The van der Waals surface area contributed by atoms with E-state index in [-0.39, 0.29) is 39.4 Å². The van der Waals surface area contributed by atoms with E-state index in [0.717, 1.165) is 96.3 Å². The van der Waals surface area contributed by atoms with Crippen molar-refractivity contribution in [1.82, 2.24) is 0 Å². The average molecular weight is 563 g/mol. The second-order valence-corrected chi connectivity index (χ2v) is 13.7. The normalized spacial score (nSPS) is 21.0. The molecule has 0 aromatic heterocycles. The first-order chi connectivity index (χ1) is 19.5. The van der Waals surface area contributed by atoms with E-state index in [2.05, 4.69) is 13.8 Å². The van der Waals surface area contributed by atoms with Crippen LogP contribution in [0.1, 0.15) is 159 Å². The van der Waals surface area contributed by atoms with E-state index >= 15 is 0 Å². The third-order valence-electron chi connectivity index (χ3n) is 10.8. The summed E-state index contributed by atoms with van der Waals surface area (Å²) in [5.41, 5.74) is 1.94. The molecule has 0 radical (unpaired) electrons. The first-order valence-electron chi connectivity index (χ1n) is 15.8. The number of carboxylic acids is 2. The lowest BCUT2D eigenvalue weighted by atomic mass is 9.66. The van der Waals surface area contributed by atoms with Crippen molar-refractivity contribution in [3.8, 4) is 11.5 Å². The fourth-order valence-corrected chi connectivity index (χ4v) is 8.30. The van der Waals surface area contributed by atoms with Gasteiger partial charge in [-0.15, -0.1) is 0 Å². The summed E-state index contributed by atoms with van der Waals surface area (Å²) in [6, 6.07) is 6.46. The Hall–Kier alpha value is -3.02. The SMILES string of the molecule is CC1(c2cc(C(=O)O)cc(C(c3cc(C(=O)O)cc(C4(C)CCCCC4)c3O)C3CCCCC3)c2O)CCCCC1. The Kier molecular flexibility index (Phi) is 8.41. The number of hydrogen-bond donors (Lipinski definition) is 4. The quantitative estimate of drug-likeness (QED) is 0.268. The number of rotatable bonds is 7. The van der Waals surface area contributed by atoms with Gasteiger partial charge in [-0.05, 0) is 79.5 Å². The highest BCUT2D eigenvalue weighted by atomic mass is 16.4. The molecule has 0 unspecified atom stereocenters. The number of aromatic carboxylic acids is 2. The van der Waals surface area contributed by atoms with E-state index in [4.69, 9.17) is 0 Å². The minimum Gasteiger partial charge on any atom is -0.507 e. The van der Waals surface area contributed by atoms with Crippen LogP contribution in [0, 0.1) is 5.92 Å². The van der Waals surface area contributed by atoms with Crippen molar-refractivity contribution in [2.24, 2.45) is 5.92 Å². The van der Waals surface area contributed by atoms with Gasteiger partial charge in [0.2, 0.25) is 0 Å². The number of benzene rings is 2. The molecule has 0 aliphatic heterocycles.